The number of carbonyl (C=O) groups excluding carboxylic acids is 2. The predicted molar refractivity (Wildman–Crippen MR) is 87.7 cm³/mol. The van der Waals surface area contributed by atoms with Gasteiger partial charge in [-0.15, -0.1) is 0 Å². The Balaban J connectivity index is 1.84. The molecule has 1 saturated heterocycles. The van der Waals surface area contributed by atoms with Gasteiger partial charge in [-0.25, -0.2) is 0 Å². The summed E-state index contributed by atoms with van der Waals surface area (Å²) in [4.78, 5) is 28.4. The molecule has 5 nitrogen and oxygen atoms in total. The third kappa shape index (κ3) is 2.72. The topological polar surface area (TPSA) is 53.8 Å². The Kier molecular flexibility index (Phi) is 4.13. The molecule has 23 heavy (non-hydrogen) atoms. The van der Waals surface area contributed by atoms with Crippen LogP contribution in [0.25, 0.3) is 0 Å². The Morgan fingerprint density at radius 1 is 1.26 bits per heavy atom. The molecule has 1 aliphatic rings. The van der Waals surface area contributed by atoms with Gasteiger partial charge < -0.3 is 14.2 Å². The quantitative estimate of drug-likeness (QED) is 0.849. The van der Waals surface area contributed by atoms with E-state index < -0.39 is 6.04 Å². The molecular weight excluding hydrogens is 316 g/mol. The molecule has 0 spiro atoms. The maximum Gasteiger partial charge on any atom is 0.290 e. The van der Waals surface area contributed by atoms with Crippen molar-refractivity contribution in [2.75, 3.05) is 18.0 Å². The number of hydrogen-bond donors (Lipinski definition) is 0. The van der Waals surface area contributed by atoms with E-state index in [2.05, 4.69) is 0 Å². The Labute approximate surface area is 139 Å². The summed E-state index contributed by atoms with van der Waals surface area (Å²) in [6, 6.07) is 8.20. The summed E-state index contributed by atoms with van der Waals surface area (Å²) in [6.07, 6.45) is 1.45. The molecule has 1 aromatic heterocycles. The number of amides is 2. The number of furan rings is 1. The summed E-state index contributed by atoms with van der Waals surface area (Å²) in [7, 11) is 0. The Morgan fingerprint density at radius 3 is 2.74 bits per heavy atom. The van der Waals surface area contributed by atoms with Crippen molar-refractivity contribution >= 4 is 29.1 Å². The average Bonchev–Trinajstić information content (AvgIpc) is 3.07. The molecule has 1 fully saturated rings. The van der Waals surface area contributed by atoms with Crippen molar-refractivity contribution in [1.29, 1.82) is 0 Å². The minimum Gasteiger partial charge on any atom is -0.459 e. The molecule has 0 saturated carbocycles. The molecule has 6 heteroatoms. The number of anilines is 1. The molecule has 3 rings (SSSR count). The number of halogens is 1. The van der Waals surface area contributed by atoms with Crippen LogP contribution in [0.1, 0.15) is 23.0 Å². The van der Waals surface area contributed by atoms with Gasteiger partial charge in [0.05, 0.1) is 6.26 Å². The zero-order valence-electron chi connectivity index (χ0n) is 13.0. The van der Waals surface area contributed by atoms with Crippen molar-refractivity contribution in [3.8, 4) is 0 Å². The molecule has 2 amide bonds. The number of benzene rings is 1. The van der Waals surface area contributed by atoms with Crippen LogP contribution < -0.4 is 4.90 Å². The second-order valence-electron chi connectivity index (χ2n) is 5.53. The zero-order chi connectivity index (χ0) is 16.6. The third-order valence-electron chi connectivity index (χ3n) is 4.18. The van der Waals surface area contributed by atoms with E-state index in [0.717, 1.165) is 11.3 Å². The highest BCUT2D eigenvalue weighted by molar-refractivity contribution is 6.31. The van der Waals surface area contributed by atoms with Crippen LogP contribution in [0, 0.1) is 6.92 Å². The van der Waals surface area contributed by atoms with Gasteiger partial charge >= 0.3 is 0 Å². The second kappa shape index (κ2) is 6.08. The van der Waals surface area contributed by atoms with Crippen LogP contribution >= 0.6 is 11.6 Å². The minimum absolute atomic E-state index is 0.124. The Morgan fingerprint density at radius 2 is 2.04 bits per heavy atom. The Hall–Kier alpha value is -2.27. The summed E-state index contributed by atoms with van der Waals surface area (Å²) < 4.78 is 5.14. The van der Waals surface area contributed by atoms with Gasteiger partial charge in [0.15, 0.2) is 5.76 Å². The fraction of sp³-hybridized carbons (Fsp3) is 0.294. The first kappa shape index (κ1) is 15.6. The summed E-state index contributed by atoms with van der Waals surface area (Å²) in [5.74, 6) is -0.142. The molecule has 0 N–H and O–H groups in total. The van der Waals surface area contributed by atoms with Crippen LogP contribution in [-0.2, 0) is 4.79 Å². The van der Waals surface area contributed by atoms with Gasteiger partial charge in [0.25, 0.3) is 5.91 Å². The molecule has 0 aliphatic carbocycles. The highest BCUT2D eigenvalue weighted by atomic mass is 35.5. The van der Waals surface area contributed by atoms with E-state index >= 15 is 0 Å². The van der Waals surface area contributed by atoms with Crippen LogP contribution in [0.15, 0.2) is 41.0 Å². The molecule has 1 unspecified atom stereocenters. The first-order chi connectivity index (χ1) is 11.0. The normalized spacial score (nSPS) is 18.4. The third-order valence-corrected chi connectivity index (χ3v) is 4.59. The summed E-state index contributed by atoms with van der Waals surface area (Å²) in [6.45, 7) is 4.49. The van der Waals surface area contributed by atoms with Crippen molar-refractivity contribution in [3.05, 3.63) is 52.9 Å². The smallest absolute Gasteiger partial charge is 0.290 e. The monoisotopic (exact) mass is 332 g/mol. The molecule has 2 aromatic rings. The van der Waals surface area contributed by atoms with E-state index in [0.29, 0.717) is 18.1 Å². The fourth-order valence-corrected chi connectivity index (χ4v) is 2.99. The summed E-state index contributed by atoms with van der Waals surface area (Å²) >= 11 is 6.15. The van der Waals surface area contributed by atoms with Crippen molar-refractivity contribution in [3.63, 3.8) is 0 Å². The van der Waals surface area contributed by atoms with Gasteiger partial charge in [-0.3, -0.25) is 9.59 Å². The molecular formula is C17H17ClN2O3. The van der Waals surface area contributed by atoms with Crippen molar-refractivity contribution in [2.24, 2.45) is 0 Å². The first-order valence-corrected chi connectivity index (χ1v) is 7.79. The maximum absolute atomic E-state index is 12.7. The summed E-state index contributed by atoms with van der Waals surface area (Å²) in [5.41, 5.74) is 1.65. The van der Waals surface area contributed by atoms with Gasteiger partial charge in [0.2, 0.25) is 5.91 Å². The van der Waals surface area contributed by atoms with E-state index in [1.165, 1.54) is 11.2 Å². The first-order valence-electron chi connectivity index (χ1n) is 7.41. The summed E-state index contributed by atoms with van der Waals surface area (Å²) in [5, 5.41) is 0.622. The van der Waals surface area contributed by atoms with E-state index in [9.17, 15) is 9.59 Å². The molecule has 1 aliphatic heterocycles. The number of nitrogens with zero attached hydrogens (tertiary/aromatic N) is 2. The predicted octanol–water partition coefficient (Wildman–Crippen LogP) is 3.12. The highest BCUT2D eigenvalue weighted by Gasteiger charge is 2.36. The lowest BCUT2D eigenvalue weighted by molar-refractivity contribution is -0.124. The van der Waals surface area contributed by atoms with Crippen LogP contribution in [0.4, 0.5) is 5.69 Å². The van der Waals surface area contributed by atoms with Gasteiger partial charge in [-0.1, -0.05) is 17.7 Å². The lowest BCUT2D eigenvalue weighted by atomic mass is 10.1. The second-order valence-corrected chi connectivity index (χ2v) is 5.93. The van der Waals surface area contributed by atoms with E-state index in [1.807, 2.05) is 19.1 Å². The average molecular weight is 333 g/mol. The van der Waals surface area contributed by atoms with E-state index in [-0.39, 0.29) is 17.6 Å². The van der Waals surface area contributed by atoms with E-state index in [1.54, 1.807) is 30.0 Å². The number of piperazine rings is 1. The van der Waals surface area contributed by atoms with Crippen molar-refractivity contribution < 1.29 is 14.0 Å². The fourth-order valence-electron chi connectivity index (χ4n) is 2.82. The van der Waals surface area contributed by atoms with Gasteiger partial charge in [-0.2, -0.15) is 0 Å². The van der Waals surface area contributed by atoms with Gasteiger partial charge in [-0.05, 0) is 43.7 Å². The maximum atomic E-state index is 12.7. The largest absolute Gasteiger partial charge is 0.459 e. The van der Waals surface area contributed by atoms with E-state index in [4.69, 9.17) is 16.0 Å². The van der Waals surface area contributed by atoms with Gasteiger partial charge in [0, 0.05) is 23.8 Å². The molecule has 120 valence electrons. The number of carbonyl (C=O) groups is 2. The molecule has 0 radical (unpaired) electrons. The lowest BCUT2D eigenvalue weighted by Crippen LogP contribution is -2.57. The van der Waals surface area contributed by atoms with Crippen molar-refractivity contribution in [1.82, 2.24) is 4.90 Å². The van der Waals surface area contributed by atoms with Crippen LogP contribution in [0.2, 0.25) is 5.02 Å². The van der Waals surface area contributed by atoms with Crippen molar-refractivity contribution in [2.45, 2.75) is 19.9 Å². The highest BCUT2D eigenvalue weighted by Crippen LogP contribution is 2.29. The van der Waals surface area contributed by atoms with Crippen LogP contribution in [0.5, 0.6) is 0 Å². The molecule has 1 aromatic carbocycles. The SMILES string of the molecule is Cc1c(Cl)cccc1N1CCN(C(=O)c2ccco2)C(C)C1=O. The Bertz CT molecular complexity index is 742. The molecule has 2 heterocycles. The van der Waals surface area contributed by atoms with Crippen LogP contribution in [-0.4, -0.2) is 35.8 Å². The number of hydrogen-bond acceptors (Lipinski definition) is 3. The molecule has 0 bridgehead atoms. The zero-order valence-corrected chi connectivity index (χ0v) is 13.7. The lowest BCUT2D eigenvalue weighted by Gasteiger charge is -2.39. The minimum atomic E-state index is -0.556. The van der Waals surface area contributed by atoms with Gasteiger partial charge in [0.1, 0.15) is 6.04 Å². The van der Waals surface area contributed by atoms with Crippen LogP contribution in [0.3, 0.4) is 0 Å². The molecule has 1 atom stereocenters. The number of rotatable bonds is 2. The standard InChI is InChI=1S/C17H17ClN2O3/c1-11-13(18)5-3-6-14(11)20-9-8-19(12(2)16(20)21)17(22)15-7-4-10-23-15/h3-7,10,12H,8-9H2,1-2H3.